The molecule has 2 nitrogen and oxygen atoms in total. The molecular weight excluding hydrogens is 374 g/mol. The second kappa shape index (κ2) is 3.53. The number of hydrogen-bond acceptors (Lipinski definition) is 2. The number of aromatic nitrogens is 2. The fourth-order valence-corrected chi connectivity index (χ4v) is 2.59. The number of hydrogen-bond donors (Lipinski definition) is 0. The highest BCUT2D eigenvalue weighted by molar-refractivity contribution is 14.3. The number of nitrogens with zero attached hydrogens (tertiary/aromatic N) is 2. The Morgan fingerprint density at radius 1 is 1.50 bits per heavy atom. The Balaban J connectivity index is 2.97. The van der Waals surface area contributed by atoms with E-state index in [9.17, 15) is 0 Å². The maximum Gasteiger partial charge on any atom is 0.116 e. The molecular formula is C5H6I2N2S. The molecule has 0 aromatic carbocycles. The lowest BCUT2D eigenvalue weighted by Crippen LogP contribution is -1.85. The predicted octanol–water partition coefficient (Wildman–Crippen LogP) is 2.97. The van der Waals surface area contributed by atoms with Crippen LogP contribution in [0.2, 0.25) is 0 Å². The van der Waals surface area contributed by atoms with E-state index in [4.69, 9.17) is 0 Å². The van der Waals surface area contributed by atoms with Crippen LogP contribution in [0, 0.1) is 0 Å². The molecule has 0 saturated carbocycles. The van der Waals surface area contributed by atoms with Gasteiger partial charge in [0.2, 0.25) is 0 Å². The smallest absolute Gasteiger partial charge is 0.116 e. The first kappa shape index (κ1) is 8.98. The molecule has 0 aliphatic heterocycles. The van der Waals surface area contributed by atoms with Gasteiger partial charge in [0.15, 0.2) is 0 Å². The van der Waals surface area contributed by atoms with Crippen LogP contribution in [0.25, 0.3) is 0 Å². The topological polar surface area (TPSA) is 25.8 Å². The molecule has 1 aromatic heterocycles. The fraction of sp³-hybridized carbons (Fsp3) is 0.200. The molecule has 10 heavy (non-hydrogen) atoms. The van der Waals surface area contributed by atoms with E-state index >= 15 is 0 Å². The van der Waals surface area contributed by atoms with Crippen LogP contribution >= 0.6 is 46.8 Å². The van der Waals surface area contributed by atoms with Crippen molar-refractivity contribution in [2.45, 2.75) is 5.03 Å². The summed E-state index contributed by atoms with van der Waals surface area (Å²) in [5.74, 6) is 0. The first-order valence-electron chi connectivity index (χ1n) is 2.54. The first-order valence-corrected chi connectivity index (χ1v) is 9.67. The third kappa shape index (κ3) is 2.50. The molecule has 0 aliphatic carbocycles. The molecule has 0 N–H and O–H groups in total. The average molecular weight is 380 g/mol. The zero-order valence-electron chi connectivity index (χ0n) is 5.29. The predicted molar refractivity (Wildman–Crippen MR) is 61.9 cm³/mol. The van der Waals surface area contributed by atoms with Gasteiger partial charge in [-0.3, -0.25) is 0 Å². The molecule has 0 atom stereocenters. The van der Waals surface area contributed by atoms with Crippen LogP contribution in [0.3, 0.4) is 0 Å². The summed E-state index contributed by atoms with van der Waals surface area (Å²) in [6, 6.07) is 1.97. The van der Waals surface area contributed by atoms with Gasteiger partial charge in [-0.05, 0) is 54.7 Å². The summed E-state index contributed by atoms with van der Waals surface area (Å²) >= 11 is 4.84. The second-order valence-corrected chi connectivity index (χ2v) is 19.3. The van der Waals surface area contributed by atoms with E-state index in [1.165, 1.54) is 0 Å². The third-order valence-corrected chi connectivity index (χ3v) is 4.61. The molecule has 0 unspecified atom stereocenters. The quantitative estimate of drug-likeness (QED) is 0.553. The van der Waals surface area contributed by atoms with Crippen molar-refractivity contribution >= 4 is 46.8 Å². The SMILES string of the molecule is CS(I)(I)c1ccncn1. The standard InChI is InChI=1S/C5H6I2N2S/c1-10(6,7)5-2-3-8-4-9-5/h2-4H,1H3. The van der Waals surface area contributed by atoms with E-state index in [2.05, 4.69) is 58.6 Å². The van der Waals surface area contributed by atoms with Gasteiger partial charge in [0.05, 0.1) is 5.03 Å². The van der Waals surface area contributed by atoms with Crippen molar-refractivity contribution in [2.75, 3.05) is 6.26 Å². The van der Waals surface area contributed by atoms with Crippen LogP contribution in [0.1, 0.15) is 0 Å². The van der Waals surface area contributed by atoms with Crippen molar-refractivity contribution in [3.63, 3.8) is 0 Å². The van der Waals surface area contributed by atoms with E-state index in [0.717, 1.165) is 5.03 Å². The highest BCUT2D eigenvalue weighted by atomic mass is 127. The van der Waals surface area contributed by atoms with Crippen LogP contribution in [0.4, 0.5) is 0 Å². The lowest BCUT2D eigenvalue weighted by molar-refractivity contribution is 1.05. The van der Waals surface area contributed by atoms with Crippen LogP contribution < -0.4 is 0 Å². The summed E-state index contributed by atoms with van der Waals surface area (Å²) in [7, 11) is 0. The molecule has 1 heterocycles. The summed E-state index contributed by atoms with van der Waals surface area (Å²) < 4.78 is -0.714. The summed E-state index contributed by atoms with van der Waals surface area (Å²) in [5.41, 5.74) is 0. The van der Waals surface area contributed by atoms with Gasteiger partial charge in [-0.2, -0.15) is 0 Å². The third-order valence-electron chi connectivity index (χ3n) is 0.922. The van der Waals surface area contributed by atoms with Crippen molar-refractivity contribution in [3.05, 3.63) is 18.6 Å². The molecule has 0 spiro atoms. The van der Waals surface area contributed by atoms with E-state index < -0.39 is 4.37 Å². The monoisotopic (exact) mass is 380 g/mol. The summed E-state index contributed by atoms with van der Waals surface area (Å²) in [6.07, 6.45) is 5.57. The lowest BCUT2D eigenvalue weighted by atomic mass is 10.7. The summed E-state index contributed by atoms with van der Waals surface area (Å²) in [5, 5.41) is 1.14. The van der Waals surface area contributed by atoms with Crippen LogP contribution in [0.5, 0.6) is 0 Å². The maximum atomic E-state index is 4.16. The fourth-order valence-electron chi connectivity index (χ4n) is 0.491. The van der Waals surface area contributed by atoms with Gasteiger partial charge in [-0.25, -0.2) is 9.97 Å². The Kier molecular flexibility index (Phi) is 3.17. The Labute approximate surface area is 85.7 Å². The normalized spacial score (nSPS) is 13.1. The minimum Gasteiger partial charge on any atom is -0.245 e. The largest absolute Gasteiger partial charge is 0.245 e. The zero-order valence-corrected chi connectivity index (χ0v) is 10.4. The zero-order chi connectivity index (χ0) is 7.61. The Bertz CT molecular complexity index is 209. The Morgan fingerprint density at radius 2 is 2.20 bits per heavy atom. The molecule has 0 saturated heterocycles. The molecule has 56 valence electrons. The highest BCUT2D eigenvalue weighted by Gasteiger charge is 2.12. The van der Waals surface area contributed by atoms with Gasteiger partial charge in [0, 0.05) is 6.20 Å². The van der Waals surface area contributed by atoms with Gasteiger partial charge in [0.1, 0.15) is 6.33 Å². The maximum absolute atomic E-state index is 4.16. The highest BCUT2D eigenvalue weighted by Crippen LogP contribution is 2.66. The lowest BCUT2D eigenvalue weighted by Gasteiger charge is -2.17. The van der Waals surface area contributed by atoms with Gasteiger partial charge in [-0.15, -0.1) is 0 Å². The van der Waals surface area contributed by atoms with Gasteiger partial charge in [-0.1, -0.05) is 4.37 Å². The molecule has 1 rings (SSSR count). The molecule has 0 radical (unpaired) electrons. The van der Waals surface area contributed by atoms with Crippen molar-refractivity contribution in [2.24, 2.45) is 0 Å². The number of rotatable bonds is 1. The van der Waals surface area contributed by atoms with Gasteiger partial charge < -0.3 is 0 Å². The molecule has 0 bridgehead atoms. The van der Waals surface area contributed by atoms with Crippen LogP contribution in [0.15, 0.2) is 23.6 Å². The van der Waals surface area contributed by atoms with Crippen molar-refractivity contribution in [3.8, 4) is 0 Å². The van der Waals surface area contributed by atoms with E-state index in [-0.39, 0.29) is 0 Å². The molecule has 0 aliphatic rings. The van der Waals surface area contributed by atoms with Gasteiger partial charge >= 0.3 is 0 Å². The summed E-state index contributed by atoms with van der Waals surface area (Å²) in [4.78, 5) is 8.02. The second-order valence-electron chi connectivity index (χ2n) is 1.77. The Hall–Kier alpha value is 0.890. The van der Waals surface area contributed by atoms with Crippen molar-refractivity contribution < 1.29 is 0 Å². The van der Waals surface area contributed by atoms with E-state index in [1.54, 1.807) is 12.5 Å². The van der Waals surface area contributed by atoms with Crippen molar-refractivity contribution in [1.29, 1.82) is 0 Å². The minimum atomic E-state index is -0.714. The minimum absolute atomic E-state index is 0.714. The molecule has 0 fully saturated rings. The van der Waals surface area contributed by atoms with Crippen molar-refractivity contribution in [1.82, 2.24) is 9.97 Å². The molecule has 5 heteroatoms. The summed E-state index contributed by atoms with van der Waals surface area (Å²) in [6.45, 7) is 0. The Morgan fingerprint density at radius 3 is 2.50 bits per heavy atom. The van der Waals surface area contributed by atoms with E-state index in [1.807, 2.05) is 6.07 Å². The number of halogens is 2. The molecule has 0 amide bonds. The average Bonchev–Trinajstić information content (AvgIpc) is 1.88. The first-order chi connectivity index (χ1) is 4.61. The van der Waals surface area contributed by atoms with Crippen LogP contribution in [-0.2, 0) is 0 Å². The van der Waals surface area contributed by atoms with Crippen LogP contribution in [-0.4, -0.2) is 16.2 Å². The molecule has 1 aromatic rings. The van der Waals surface area contributed by atoms with Gasteiger partial charge in [0.25, 0.3) is 0 Å². The van der Waals surface area contributed by atoms with E-state index in [0.29, 0.717) is 0 Å².